The summed E-state index contributed by atoms with van der Waals surface area (Å²) in [6, 6.07) is 8.95. The van der Waals surface area contributed by atoms with Crippen molar-refractivity contribution in [2.45, 2.75) is 33.2 Å². The number of rotatable bonds is 5. The zero-order chi connectivity index (χ0) is 16.1. The largest absolute Gasteiger partial charge is 0.302 e. The lowest BCUT2D eigenvalue weighted by Gasteiger charge is -2.37. The van der Waals surface area contributed by atoms with Crippen LogP contribution in [0.2, 0.25) is 0 Å². The zero-order valence-electron chi connectivity index (χ0n) is 15.0. The van der Waals surface area contributed by atoms with Crippen molar-refractivity contribution in [1.29, 1.82) is 0 Å². The highest BCUT2D eigenvalue weighted by Gasteiger charge is 2.20. The number of hydrogen-bond acceptors (Lipinski definition) is 3. The lowest BCUT2D eigenvalue weighted by atomic mass is 10.0. The summed E-state index contributed by atoms with van der Waals surface area (Å²) in [6.45, 7) is 15.7. The van der Waals surface area contributed by atoms with Gasteiger partial charge in [0.05, 0.1) is 0 Å². The quantitative estimate of drug-likeness (QED) is 0.827. The van der Waals surface area contributed by atoms with Crippen LogP contribution in [0.15, 0.2) is 24.3 Å². The van der Waals surface area contributed by atoms with Gasteiger partial charge < -0.3 is 4.90 Å². The van der Waals surface area contributed by atoms with E-state index in [9.17, 15) is 0 Å². The molecule has 2 aliphatic heterocycles. The minimum Gasteiger partial charge on any atom is -0.302 e. The first-order valence-electron chi connectivity index (χ1n) is 9.41. The Hall–Kier alpha value is -0.900. The molecule has 2 saturated heterocycles. The monoisotopic (exact) mass is 315 g/mol. The van der Waals surface area contributed by atoms with Gasteiger partial charge in [-0.1, -0.05) is 36.8 Å². The standard InChI is InChI=1S/C20H33N3/c1-18-5-3-7-20(15-18)17-23-13-10-21(11-14-23)9-12-22-8-4-6-19(2)16-22/h3,5,7,15,19H,4,6,8-14,16-17H2,1-2H3. The second kappa shape index (κ2) is 8.27. The van der Waals surface area contributed by atoms with Gasteiger partial charge in [-0.05, 0) is 37.8 Å². The van der Waals surface area contributed by atoms with Crippen LogP contribution < -0.4 is 0 Å². The molecule has 2 heterocycles. The molecule has 0 spiro atoms. The van der Waals surface area contributed by atoms with Gasteiger partial charge in [0.2, 0.25) is 0 Å². The van der Waals surface area contributed by atoms with E-state index in [0.29, 0.717) is 0 Å². The molecule has 0 N–H and O–H groups in total. The first-order valence-corrected chi connectivity index (χ1v) is 9.41. The van der Waals surface area contributed by atoms with Crippen LogP contribution in [0.1, 0.15) is 30.9 Å². The van der Waals surface area contributed by atoms with Crippen molar-refractivity contribution in [3.8, 4) is 0 Å². The van der Waals surface area contributed by atoms with E-state index in [-0.39, 0.29) is 0 Å². The molecule has 1 aromatic carbocycles. The van der Waals surface area contributed by atoms with E-state index in [1.165, 1.54) is 76.3 Å². The molecule has 0 amide bonds. The number of aryl methyl sites for hydroxylation is 1. The molecule has 3 rings (SSSR count). The molecular weight excluding hydrogens is 282 g/mol. The van der Waals surface area contributed by atoms with E-state index in [1.807, 2.05) is 0 Å². The Kier molecular flexibility index (Phi) is 6.09. The lowest BCUT2D eigenvalue weighted by molar-refractivity contribution is 0.103. The molecule has 1 aromatic rings. The first-order chi connectivity index (χ1) is 11.2. The second-order valence-electron chi connectivity index (χ2n) is 7.65. The van der Waals surface area contributed by atoms with E-state index in [2.05, 4.69) is 52.8 Å². The number of likely N-dealkylation sites (tertiary alicyclic amines) is 1. The summed E-state index contributed by atoms with van der Waals surface area (Å²) in [5.41, 5.74) is 2.83. The van der Waals surface area contributed by atoms with Gasteiger partial charge in [-0.2, -0.15) is 0 Å². The molecule has 0 aliphatic carbocycles. The van der Waals surface area contributed by atoms with Crippen LogP contribution in [0, 0.1) is 12.8 Å². The van der Waals surface area contributed by atoms with Gasteiger partial charge in [0, 0.05) is 52.4 Å². The molecule has 0 aromatic heterocycles. The van der Waals surface area contributed by atoms with Crippen molar-refractivity contribution >= 4 is 0 Å². The minimum absolute atomic E-state index is 0.898. The Morgan fingerprint density at radius 3 is 2.43 bits per heavy atom. The molecule has 3 nitrogen and oxygen atoms in total. The summed E-state index contributed by atoms with van der Waals surface area (Å²) in [7, 11) is 0. The summed E-state index contributed by atoms with van der Waals surface area (Å²) >= 11 is 0. The number of piperazine rings is 1. The molecule has 0 saturated carbocycles. The van der Waals surface area contributed by atoms with Crippen molar-refractivity contribution < 1.29 is 0 Å². The average Bonchev–Trinajstić information content (AvgIpc) is 2.54. The topological polar surface area (TPSA) is 9.72 Å². The van der Waals surface area contributed by atoms with Gasteiger partial charge in [0.1, 0.15) is 0 Å². The van der Waals surface area contributed by atoms with Crippen LogP contribution in [0.3, 0.4) is 0 Å². The maximum atomic E-state index is 2.67. The highest BCUT2D eigenvalue weighted by Crippen LogP contribution is 2.15. The molecule has 1 atom stereocenters. The van der Waals surface area contributed by atoms with Crippen LogP contribution in [0.5, 0.6) is 0 Å². The van der Waals surface area contributed by atoms with Crippen molar-refractivity contribution in [1.82, 2.24) is 14.7 Å². The van der Waals surface area contributed by atoms with Crippen LogP contribution in [-0.2, 0) is 6.54 Å². The van der Waals surface area contributed by atoms with Gasteiger partial charge in [-0.25, -0.2) is 0 Å². The Morgan fingerprint density at radius 2 is 1.70 bits per heavy atom. The molecule has 3 heteroatoms. The van der Waals surface area contributed by atoms with E-state index >= 15 is 0 Å². The SMILES string of the molecule is Cc1cccc(CN2CCN(CCN3CCCC(C)C3)CC2)c1. The predicted octanol–water partition coefficient (Wildman–Crippen LogP) is 2.84. The summed E-state index contributed by atoms with van der Waals surface area (Å²) in [5.74, 6) is 0.898. The van der Waals surface area contributed by atoms with Crippen LogP contribution in [-0.4, -0.2) is 67.1 Å². The molecule has 0 radical (unpaired) electrons. The van der Waals surface area contributed by atoms with Crippen molar-refractivity contribution in [3.63, 3.8) is 0 Å². The Labute approximate surface area is 142 Å². The van der Waals surface area contributed by atoms with Crippen LogP contribution >= 0.6 is 0 Å². The molecular formula is C20H33N3. The van der Waals surface area contributed by atoms with Crippen LogP contribution in [0.4, 0.5) is 0 Å². The highest BCUT2D eigenvalue weighted by molar-refractivity contribution is 5.22. The number of nitrogens with zero attached hydrogens (tertiary/aromatic N) is 3. The maximum Gasteiger partial charge on any atom is 0.0234 e. The maximum absolute atomic E-state index is 2.67. The fourth-order valence-corrected chi connectivity index (χ4v) is 4.01. The molecule has 128 valence electrons. The molecule has 0 bridgehead atoms. The van der Waals surface area contributed by atoms with Gasteiger partial charge in [-0.15, -0.1) is 0 Å². The Bertz CT molecular complexity index is 480. The Morgan fingerprint density at radius 1 is 0.957 bits per heavy atom. The molecule has 23 heavy (non-hydrogen) atoms. The fraction of sp³-hybridized carbons (Fsp3) is 0.700. The number of piperidine rings is 1. The summed E-state index contributed by atoms with van der Waals surface area (Å²) < 4.78 is 0. The number of hydrogen-bond donors (Lipinski definition) is 0. The fourth-order valence-electron chi connectivity index (χ4n) is 4.01. The normalized spacial score (nSPS) is 24.9. The minimum atomic E-state index is 0.898. The zero-order valence-corrected chi connectivity index (χ0v) is 15.0. The predicted molar refractivity (Wildman–Crippen MR) is 97.7 cm³/mol. The van der Waals surface area contributed by atoms with E-state index < -0.39 is 0 Å². The van der Waals surface area contributed by atoms with Crippen molar-refractivity contribution in [3.05, 3.63) is 35.4 Å². The summed E-state index contributed by atoms with van der Waals surface area (Å²) in [6.07, 6.45) is 2.82. The number of benzene rings is 1. The smallest absolute Gasteiger partial charge is 0.0234 e. The second-order valence-corrected chi connectivity index (χ2v) is 7.65. The van der Waals surface area contributed by atoms with Crippen LogP contribution in [0.25, 0.3) is 0 Å². The molecule has 2 aliphatic rings. The third-order valence-corrected chi connectivity index (χ3v) is 5.43. The van der Waals surface area contributed by atoms with Gasteiger partial charge in [-0.3, -0.25) is 9.80 Å². The van der Waals surface area contributed by atoms with E-state index in [4.69, 9.17) is 0 Å². The molecule has 2 fully saturated rings. The first kappa shape index (κ1) is 16.9. The summed E-state index contributed by atoms with van der Waals surface area (Å²) in [4.78, 5) is 7.94. The lowest BCUT2D eigenvalue weighted by Crippen LogP contribution is -2.48. The third-order valence-electron chi connectivity index (χ3n) is 5.43. The van der Waals surface area contributed by atoms with Gasteiger partial charge in [0.25, 0.3) is 0 Å². The Balaban J connectivity index is 1.37. The van der Waals surface area contributed by atoms with E-state index in [0.717, 1.165) is 12.5 Å². The highest BCUT2D eigenvalue weighted by atomic mass is 15.3. The summed E-state index contributed by atoms with van der Waals surface area (Å²) in [5, 5.41) is 0. The van der Waals surface area contributed by atoms with Crippen molar-refractivity contribution in [2.75, 3.05) is 52.4 Å². The molecule has 1 unspecified atom stereocenters. The average molecular weight is 316 g/mol. The third kappa shape index (κ3) is 5.30. The van der Waals surface area contributed by atoms with Gasteiger partial charge in [0.15, 0.2) is 0 Å². The van der Waals surface area contributed by atoms with E-state index in [1.54, 1.807) is 0 Å². The van der Waals surface area contributed by atoms with Gasteiger partial charge >= 0.3 is 0 Å². The van der Waals surface area contributed by atoms with Crippen molar-refractivity contribution in [2.24, 2.45) is 5.92 Å².